The van der Waals surface area contributed by atoms with Crippen molar-refractivity contribution >= 4 is 19.4 Å². The fourth-order valence-electron chi connectivity index (χ4n) is 0.268. The number of hydrogen-bond acceptors (Lipinski definition) is 3. The van der Waals surface area contributed by atoms with Crippen LogP contribution >= 0.6 is 11.2 Å². The van der Waals surface area contributed by atoms with Gasteiger partial charge in [0.15, 0.2) is 0 Å². The van der Waals surface area contributed by atoms with Gasteiger partial charge < -0.3 is 9.90 Å². The summed E-state index contributed by atoms with van der Waals surface area (Å²) >= 11 is 1.51. The number of hydrogen-bond donors (Lipinski definition) is 2. The number of rotatable bonds is 0. The van der Waals surface area contributed by atoms with E-state index in [0.29, 0.717) is 0 Å². The molecule has 0 saturated carbocycles. The van der Waals surface area contributed by atoms with E-state index >= 15 is 0 Å². The van der Waals surface area contributed by atoms with E-state index in [9.17, 15) is 0 Å². The first-order valence-electron chi connectivity index (χ1n) is 1.78. The lowest BCUT2D eigenvalue weighted by molar-refractivity contribution is 0.252. The molecule has 0 aromatic rings. The van der Waals surface area contributed by atoms with E-state index in [4.69, 9.17) is 9.90 Å². The standard InChI is InChI=1S/C2H6O2SSi/c3-2-1-5-6(2)4/h2-4,6H,1H2. The molecular formula is C2H6O2SSi. The Morgan fingerprint density at radius 1 is 1.83 bits per heavy atom. The summed E-state index contributed by atoms with van der Waals surface area (Å²) in [6, 6.07) is 0. The van der Waals surface area contributed by atoms with Crippen molar-refractivity contribution in [3.05, 3.63) is 0 Å². The molecule has 1 saturated heterocycles. The molecule has 1 fully saturated rings. The van der Waals surface area contributed by atoms with Crippen LogP contribution in [0.4, 0.5) is 0 Å². The van der Waals surface area contributed by atoms with Gasteiger partial charge in [-0.15, -0.1) is 0 Å². The van der Waals surface area contributed by atoms with Gasteiger partial charge in [0.25, 0.3) is 8.19 Å². The Bertz CT molecular complexity index is 51.5. The fourth-order valence-corrected chi connectivity index (χ4v) is 2.42. The maximum absolute atomic E-state index is 8.57. The topological polar surface area (TPSA) is 40.5 Å². The molecule has 2 nitrogen and oxygen atoms in total. The fraction of sp³-hybridized carbons (Fsp3) is 1.00. The Morgan fingerprint density at radius 2 is 2.33 bits per heavy atom. The van der Waals surface area contributed by atoms with Gasteiger partial charge in [-0.2, -0.15) is 11.2 Å². The van der Waals surface area contributed by atoms with E-state index in [1.54, 1.807) is 0 Å². The first kappa shape index (κ1) is 4.64. The van der Waals surface area contributed by atoms with E-state index in [1.165, 1.54) is 11.2 Å². The molecule has 0 aromatic heterocycles. The van der Waals surface area contributed by atoms with Gasteiger partial charge >= 0.3 is 0 Å². The third-order valence-electron chi connectivity index (χ3n) is 0.767. The van der Waals surface area contributed by atoms with E-state index < -0.39 is 8.19 Å². The van der Waals surface area contributed by atoms with Crippen LogP contribution in [0, 0.1) is 0 Å². The lowest BCUT2D eigenvalue weighted by Crippen LogP contribution is -2.40. The van der Waals surface area contributed by atoms with Crippen LogP contribution in [0.15, 0.2) is 0 Å². The Kier molecular flexibility index (Phi) is 1.19. The summed E-state index contributed by atoms with van der Waals surface area (Å²) in [5.74, 6) is 0.757. The van der Waals surface area contributed by atoms with Crippen LogP contribution in [0.2, 0.25) is 0 Å². The molecule has 0 aliphatic carbocycles. The minimum atomic E-state index is -1.59. The van der Waals surface area contributed by atoms with E-state index in [-0.39, 0.29) is 5.73 Å². The van der Waals surface area contributed by atoms with Crippen molar-refractivity contribution < 1.29 is 9.90 Å². The van der Waals surface area contributed by atoms with Crippen molar-refractivity contribution in [2.45, 2.75) is 5.73 Å². The highest BCUT2D eigenvalue weighted by Gasteiger charge is 2.29. The summed E-state index contributed by atoms with van der Waals surface area (Å²) in [6.07, 6.45) is 0. The molecular weight excluding hydrogens is 116 g/mol. The lowest BCUT2D eigenvalue weighted by atomic mass is 10.9. The molecule has 0 aromatic carbocycles. The minimum Gasteiger partial charge on any atom is -0.424 e. The summed E-state index contributed by atoms with van der Waals surface area (Å²) in [7, 11) is -1.59. The first-order valence-corrected chi connectivity index (χ1v) is 5.43. The third-order valence-corrected chi connectivity index (χ3v) is 5.42. The molecule has 0 radical (unpaired) electrons. The van der Waals surface area contributed by atoms with Crippen LogP contribution in [0.5, 0.6) is 0 Å². The molecule has 6 heavy (non-hydrogen) atoms. The van der Waals surface area contributed by atoms with Crippen molar-refractivity contribution in [3.63, 3.8) is 0 Å². The van der Waals surface area contributed by atoms with Gasteiger partial charge in [-0.3, -0.25) is 0 Å². The average Bonchev–Trinajstić information content (AvgIpc) is 1.61. The van der Waals surface area contributed by atoms with Crippen LogP contribution in [0.3, 0.4) is 0 Å². The Labute approximate surface area is 41.6 Å². The van der Waals surface area contributed by atoms with Crippen molar-refractivity contribution in [1.82, 2.24) is 0 Å². The van der Waals surface area contributed by atoms with E-state index in [2.05, 4.69) is 0 Å². The Balaban J connectivity index is 2.20. The summed E-state index contributed by atoms with van der Waals surface area (Å²) in [4.78, 5) is 8.57. The van der Waals surface area contributed by atoms with Gasteiger partial charge in [0, 0.05) is 5.75 Å². The number of aliphatic hydroxyl groups is 1. The molecule has 2 atom stereocenters. The smallest absolute Gasteiger partial charge is 0.264 e. The minimum absolute atomic E-state index is 0.310. The van der Waals surface area contributed by atoms with Gasteiger partial charge in [0.05, 0.1) is 5.73 Å². The largest absolute Gasteiger partial charge is 0.424 e. The van der Waals surface area contributed by atoms with Crippen molar-refractivity contribution in [1.29, 1.82) is 0 Å². The van der Waals surface area contributed by atoms with Crippen molar-refractivity contribution in [2.24, 2.45) is 0 Å². The van der Waals surface area contributed by atoms with Crippen LogP contribution in [0.1, 0.15) is 0 Å². The van der Waals surface area contributed by atoms with Gasteiger partial charge in [-0.1, -0.05) is 0 Å². The monoisotopic (exact) mass is 122 g/mol. The third kappa shape index (κ3) is 0.606. The zero-order valence-corrected chi connectivity index (χ0v) is 5.14. The molecule has 4 heteroatoms. The molecule has 1 aliphatic rings. The molecule has 1 aliphatic heterocycles. The Morgan fingerprint density at radius 3 is 2.33 bits per heavy atom. The van der Waals surface area contributed by atoms with Crippen LogP contribution in [-0.4, -0.2) is 29.6 Å². The molecule has 2 N–H and O–H groups in total. The summed E-state index contributed by atoms with van der Waals surface area (Å²) in [5, 5.41) is 8.51. The van der Waals surface area contributed by atoms with Gasteiger partial charge in [-0.05, 0) is 0 Å². The maximum atomic E-state index is 8.57. The zero-order chi connectivity index (χ0) is 4.57. The van der Waals surface area contributed by atoms with Crippen LogP contribution in [-0.2, 0) is 0 Å². The first-order chi connectivity index (χ1) is 2.80. The molecule has 1 heterocycles. The second-order valence-electron chi connectivity index (χ2n) is 1.29. The summed E-state index contributed by atoms with van der Waals surface area (Å²) in [5.41, 5.74) is -0.310. The predicted molar refractivity (Wildman–Crippen MR) is 27.8 cm³/mol. The normalized spacial score (nSPS) is 45.0. The van der Waals surface area contributed by atoms with Crippen molar-refractivity contribution in [3.8, 4) is 0 Å². The summed E-state index contributed by atoms with van der Waals surface area (Å²) in [6.45, 7) is 0. The maximum Gasteiger partial charge on any atom is 0.264 e. The second-order valence-corrected chi connectivity index (χ2v) is 5.96. The second kappa shape index (κ2) is 1.53. The highest BCUT2D eigenvalue weighted by atomic mass is 32.4. The van der Waals surface area contributed by atoms with E-state index in [1.807, 2.05) is 0 Å². The van der Waals surface area contributed by atoms with Gasteiger partial charge in [0.2, 0.25) is 0 Å². The highest BCUT2D eigenvalue weighted by molar-refractivity contribution is 8.27. The molecule has 36 valence electrons. The SMILES string of the molecule is OC1CS[SiH]1O. The van der Waals surface area contributed by atoms with Crippen LogP contribution in [0.25, 0.3) is 0 Å². The molecule has 0 bridgehead atoms. The van der Waals surface area contributed by atoms with Crippen LogP contribution < -0.4 is 0 Å². The quantitative estimate of drug-likeness (QED) is 0.398. The number of aliphatic hydroxyl groups excluding tert-OH is 1. The average molecular weight is 122 g/mol. The molecule has 0 amide bonds. The lowest BCUT2D eigenvalue weighted by Gasteiger charge is -2.23. The van der Waals surface area contributed by atoms with E-state index in [0.717, 1.165) is 5.75 Å². The van der Waals surface area contributed by atoms with Gasteiger partial charge in [-0.25, -0.2) is 0 Å². The molecule has 1 rings (SSSR count). The molecule has 0 spiro atoms. The Hall–Kier alpha value is 0.487. The van der Waals surface area contributed by atoms with Gasteiger partial charge in [0.1, 0.15) is 0 Å². The highest BCUT2D eigenvalue weighted by Crippen LogP contribution is 2.20. The zero-order valence-electron chi connectivity index (χ0n) is 3.16. The predicted octanol–water partition coefficient (Wildman–Crippen LogP) is -1.15. The summed E-state index contributed by atoms with van der Waals surface area (Å²) < 4.78 is 0. The molecule has 2 unspecified atom stereocenters. The van der Waals surface area contributed by atoms with Crippen molar-refractivity contribution in [2.75, 3.05) is 5.75 Å².